The molecule has 3 rings (SSSR count). The van der Waals surface area contributed by atoms with Crippen LogP contribution in [-0.2, 0) is 4.74 Å². The predicted molar refractivity (Wildman–Crippen MR) is 80.9 cm³/mol. The van der Waals surface area contributed by atoms with E-state index in [0.29, 0.717) is 0 Å². The minimum absolute atomic E-state index is 0.0391. The van der Waals surface area contributed by atoms with E-state index >= 15 is 0 Å². The molecule has 0 aliphatic carbocycles. The highest BCUT2D eigenvalue weighted by atomic mass is 19.1. The van der Waals surface area contributed by atoms with E-state index in [2.05, 4.69) is 22.9 Å². The first-order valence-electron chi connectivity index (χ1n) is 7.20. The summed E-state index contributed by atoms with van der Waals surface area (Å²) >= 11 is 0. The summed E-state index contributed by atoms with van der Waals surface area (Å²) in [5.74, 6) is -0.218. The number of hydrogen-bond donors (Lipinski definition) is 0. The normalized spacial score (nSPS) is 22.3. The summed E-state index contributed by atoms with van der Waals surface area (Å²) in [6, 6.07) is 10.7. The largest absolute Gasteiger partial charge is 0.367 e. The van der Waals surface area contributed by atoms with Gasteiger partial charge in [-0.3, -0.25) is 4.98 Å². The van der Waals surface area contributed by atoms with E-state index in [0.717, 1.165) is 30.0 Å². The van der Waals surface area contributed by atoms with Crippen molar-refractivity contribution in [2.75, 3.05) is 18.0 Å². The van der Waals surface area contributed by atoms with Gasteiger partial charge in [-0.15, -0.1) is 0 Å². The van der Waals surface area contributed by atoms with E-state index in [9.17, 15) is 4.39 Å². The predicted octanol–water partition coefficient (Wildman–Crippen LogP) is 3.50. The van der Waals surface area contributed by atoms with Crippen molar-refractivity contribution < 1.29 is 9.13 Å². The summed E-state index contributed by atoms with van der Waals surface area (Å²) in [6.45, 7) is 5.67. The Bertz CT molecular complexity index is 614. The summed E-state index contributed by atoms with van der Waals surface area (Å²) < 4.78 is 19.1. The summed E-state index contributed by atoms with van der Waals surface area (Å²) in [5, 5.41) is 0. The number of benzene rings is 1. The molecule has 110 valence electrons. The Morgan fingerprint density at radius 2 is 1.95 bits per heavy atom. The monoisotopic (exact) mass is 286 g/mol. The van der Waals surface area contributed by atoms with Crippen LogP contribution >= 0.6 is 0 Å². The highest BCUT2D eigenvalue weighted by Gasteiger charge is 2.26. The van der Waals surface area contributed by atoms with Crippen LogP contribution in [0.1, 0.15) is 24.3 Å². The Balaban J connectivity index is 1.83. The molecule has 0 radical (unpaired) electrons. The minimum Gasteiger partial charge on any atom is -0.367 e. The van der Waals surface area contributed by atoms with Crippen molar-refractivity contribution in [3.63, 3.8) is 0 Å². The van der Waals surface area contributed by atoms with Crippen molar-refractivity contribution in [1.29, 1.82) is 0 Å². The summed E-state index contributed by atoms with van der Waals surface area (Å²) in [5.41, 5.74) is 3.17. The Labute approximate surface area is 124 Å². The fourth-order valence-electron chi connectivity index (χ4n) is 2.75. The van der Waals surface area contributed by atoms with Crippen molar-refractivity contribution in [2.45, 2.75) is 26.1 Å². The second-order valence-electron chi connectivity index (χ2n) is 5.55. The Morgan fingerprint density at radius 3 is 2.67 bits per heavy atom. The van der Waals surface area contributed by atoms with E-state index in [1.807, 2.05) is 19.2 Å². The van der Waals surface area contributed by atoms with Crippen LogP contribution in [0, 0.1) is 12.7 Å². The zero-order valence-electron chi connectivity index (χ0n) is 12.3. The lowest BCUT2D eigenvalue weighted by atomic mass is 10.1. The molecule has 2 heterocycles. The van der Waals surface area contributed by atoms with Crippen LogP contribution in [0.5, 0.6) is 0 Å². The highest BCUT2D eigenvalue weighted by Crippen LogP contribution is 2.28. The van der Waals surface area contributed by atoms with Gasteiger partial charge in [-0.25, -0.2) is 4.39 Å². The molecule has 21 heavy (non-hydrogen) atoms. The van der Waals surface area contributed by atoms with E-state index in [-0.39, 0.29) is 18.0 Å². The molecule has 0 saturated carbocycles. The van der Waals surface area contributed by atoms with E-state index in [1.165, 1.54) is 12.1 Å². The maximum Gasteiger partial charge on any atom is 0.123 e. The molecule has 4 heteroatoms. The Kier molecular flexibility index (Phi) is 3.88. The van der Waals surface area contributed by atoms with Gasteiger partial charge in [0.2, 0.25) is 0 Å². The number of aromatic nitrogens is 1. The quantitative estimate of drug-likeness (QED) is 0.845. The summed E-state index contributed by atoms with van der Waals surface area (Å²) in [4.78, 5) is 6.54. The molecule has 0 N–H and O–H groups in total. The number of nitrogens with zero attached hydrogens (tertiary/aromatic N) is 2. The van der Waals surface area contributed by atoms with Crippen molar-refractivity contribution in [1.82, 2.24) is 4.98 Å². The van der Waals surface area contributed by atoms with Crippen molar-refractivity contribution in [3.8, 4) is 0 Å². The first-order valence-corrected chi connectivity index (χ1v) is 7.20. The van der Waals surface area contributed by atoms with Crippen LogP contribution in [0.4, 0.5) is 10.1 Å². The molecule has 1 saturated heterocycles. The van der Waals surface area contributed by atoms with Crippen LogP contribution < -0.4 is 4.90 Å². The molecule has 0 spiro atoms. The SMILES string of the molecule is Cc1cc(N2CC(C)OC(c3ccc(F)cc3)C2)ccn1. The lowest BCUT2D eigenvalue weighted by molar-refractivity contribution is -0.0174. The molecule has 2 unspecified atom stereocenters. The van der Waals surface area contributed by atoms with Crippen molar-refractivity contribution >= 4 is 5.69 Å². The molecule has 0 amide bonds. The molecule has 2 aromatic rings. The van der Waals surface area contributed by atoms with E-state index < -0.39 is 0 Å². The molecular weight excluding hydrogens is 267 g/mol. The standard InChI is InChI=1S/C17H19FN2O/c1-12-9-16(7-8-19-12)20-10-13(2)21-17(11-20)14-3-5-15(18)6-4-14/h3-9,13,17H,10-11H2,1-2H3. The number of ether oxygens (including phenoxy) is 1. The summed E-state index contributed by atoms with van der Waals surface area (Å²) in [6.07, 6.45) is 1.92. The zero-order valence-corrected chi connectivity index (χ0v) is 12.3. The molecule has 1 aliphatic rings. The van der Waals surface area contributed by atoms with Crippen LogP contribution in [0.15, 0.2) is 42.6 Å². The minimum atomic E-state index is -0.218. The second kappa shape index (κ2) is 5.82. The molecule has 1 fully saturated rings. The van der Waals surface area contributed by atoms with Gasteiger partial charge < -0.3 is 9.64 Å². The number of pyridine rings is 1. The fraction of sp³-hybridized carbons (Fsp3) is 0.353. The lowest BCUT2D eigenvalue weighted by Gasteiger charge is -2.38. The van der Waals surface area contributed by atoms with Gasteiger partial charge in [-0.05, 0) is 43.7 Å². The fourth-order valence-corrected chi connectivity index (χ4v) is 2.75. The van der Waals surface area contributed by atoms with Gasteiger partial charge in [0.25, 0.3) is 0 Å². The zero-order chi connectivity index (χ0) is 14.8. The number of anilines is 1. The number of hydrogen-bond acceptors (Lipinski definition) is 3. The van der Waals surface area contributed by atoms with Gasteiger partial charge in [0.15, 0.2) is 0 Å². The van der Waals surface area contributed by atoms with Gasteiger partial charge in [-0.1, -0.05) is 12.1 Å². The lowest BCUT2D eigenvalue weighted by Crippen LogP contribution is -2.43. The van der Waals surface area contributed by atoms with Gasteiger partial charge in [0.1, 0.15) is 11.9 Å². The Morgan fingerprint density at radius 1 is 1.19 bits per heavy atom. The molecule has 1 aromatic heterocycles. The maximum absolute atomic E-state index is 13.1. The van der Waals surface area contributed by atoms with Crippen LogP contribution in [0.2, 0.25) is 0 Å². The molecule has 2 atom stereocenters. The number of rotatable bonds is 2. The molecular formula is C17H19FN2O. The summed E-state index contributed by atoms with van der Waals surface area (Å²) in [7, 11) is 0. The third kappa shape index (κ3) is 3.22. The van der Waals surface area contributed by atoms with Crippen molar-refractivity contribution in [2.24, 2.45) is 0 Å². The second-order valence-corrected chi connectivity index (χ2v) is 5.55. The van der Waals surface area contributed by atoms with Gasteiger partial charge in [0.05, 0.1) is 6.10 Å². The molecule has 0 bridgehead atoms. The van der Waals surface area contributed by atoms with E-state index in [4.69, 9.17) is 4.74 Å². The third-order valence-electron chi connectivity index (χ3n) is 3.75. The Hall–Kier alpha value is -1.94. The third-order valence-corrected chi connectivity index (χ3v) is 3.75. The first-order chi connectivity index (χ1) is 10.1. The van der Waals surface area contributed by atoms with Crippen molar-refractivity contribution in [3.05, 3.63) is 59.7 Å². The smallest absolute Gasteiger partial charge is 0.123 e. The average Bonchev–Trinajstić information content (AvgIpc) is 2.47. The number of aryl methyl sites for hydroxylation is 1. The van der Waals surface area contributed by atoms with Crippen LogP contribution in [0.3, 0.4) is 0 Å². The van der Waals surface area contributed by atoms with Gasteiger partial charge >= 0.3 is 0 Å². The molecule has 3 nitrogen and oxygen atoms in total. The first kappa shape index (κ1) is 14.0. The number of morpholine rings is 1. The molecule has 1 aromatic carbocycles. The van der Waals surface area contributed by atoms with Gasteiger partial charge in [0, 0.05) is 30.7 Å². The topological polar surface area (TPSA) is 25.4 Å². The van der Waals surface area contributed by atoms with E-state index in [1.54, 1.807) is 12.1 Å². The highest BCUT2D eigenvalue weighted by molar-refractivity contribution is 5.47. The molecule has 1 aliphatic heterocycles. The average molecular weight is 286 g/mol. The van der Waals surface area contributed by atoms with Crippen LogP contribution in [0.25, 0.3) is 0 Å². The maximum atomic E-state index is 13.1. The van der Waals surface area contributed by atoms with Gasteiger partial charge in [-0.2, -0.15) is 0 Å². The number of halogens is 1. The van der Waals surface area contributed by atoms with Crippen LogP contribution in [-0.4, -0.2) is 24.2 Å².